The van der Waals surface area contributed by atoms with Gasteiger partial charge in [0, 0.05) is 7.05 Å². The lowest BCUT2D eigenvalue weighted by molar-refractivity contribution is 1.00. The van der Waals surface area contributed by atoms with Gasteiger partial charge in [0.2, 0.25) is 0 Å². The maximum Gasteiger partial charge on any atom is 0.126 e. The highest BCUT2D eigenvalue weighted by Gasteiger charge is 2.25. The molecule has 0 saturated carbocycles. The zero-order chi connectivity index (χ0) is 11.0. The molecule has 0 bridgehead atoms. The molecular formula is C11H12N4. The summed E-state index contributed by atoms with van der Waals surface area (Å²) in [6, 6.07) is 9.54. The molecule has 76 valence electrons. The number of fused-ring (bicyclic) bond motifs is 1. The molecule has 1 heterocycles. The molecule has 2 rings (SSSR count). The van der Waals surface area contributed by atoms with E-state index in [1.165, 1.54) is 0 Å². The fraction of sp³-hybridized carbons (Fsp3) is 0.273. The number of likely N-dealkylation sites (N-methyl/N-ethyl adjacent to an activating group) is 1. The summed E-state index contributed by atoms with van der Waals surface area (Å²) < 4.78 is 0. The second-order valence-corrected chi connectivity index (χ2v) is 3.56. The Balaban J connectivity index is 2.56. The van der Waals surface area contributed by atoms with Crippen LogP contribution in [-0.2, 0) is 0 Å². The van der Waals surface area contributed by atoms with E-state index in [1.807, 2.05) is 18.0 Å². The van der Waals surface area contributed by atoms with Gasteiger partial charge in [-0.1, -0.05) is 6.07 Å². The van der Waals surface area contributed by atoms with Gasteiger partial charge in [-0.3, -0.25) is 15.7 Å². The van der Waals surface area contributed by atoms with Gasteiger partial charge >= 0.3 is 0 Å². The van der Waals surface area contributed by atoms with Crippen LogP contribution in [0.25, 0.3) is 0 Å². The number of hydrogen-bond acceptors (Lipinski definition) is 3. The lowest BCUT2D eigenvalue weighted by atomic mass is 10.2. The van der Waals surface area contributed by atoms with Gasteiger partial charge in [0.15, 0.2) is 0 Å². The van der Waals surface area contributed by atoms with Crippen LogP contribution in [-0.4, -0.2) is 25.3 Å². The zero-order valence-corrected chi connectivity index (χ0v) is 8.76. The first-order valence-electron chi connectivity index (χ1n) is 4.67. The highest BCUT2D eigenvalue weighted by Crippen LogP contribution is 2.30. The van der Waals surface area contributed by atoms with Crippen molar-refractivity contribution in [3.8, 4) is 0 Å². The van der Waals surface area contributed by atoms with Crippen molar-refractivity contribution in [2.24, 2.45) is 0 Å². The van der Waals surface area contributed by atoms with E-state index >= 15 is 0 Å². The molecule has 0 radical (unpaired) electrons. The molecular weight excluding hydrogens is 188 g/mol. The quantitative estimate of drug-likeness (QED) is 0.492. The molecule has 0 amide bonds. The Morgan fingerprint density at radius 1 is 1.53 bits per heavy atom. The highest BCUT2D eigenvalue weighted by molar-refractivity contribution is 6.20. The van der Waals surface area contributed by atoms with Crippen LogP contribution in [0.5, 0.6) is 0 Å². The van der Waals surface area contributed by atoms with Crippen LogP contribution >= 0.6 is 0 Å². The number of rotatable bonds is 0. The molecule has 0 fully saturated rings. The summed E-state index contributed by atoms with van der Waals surface area (Å²) in [6.07, 6.45) is 0. The molecule has 0 saturated heterocycles. The van der Waals surface area contributed by atoms with Crippen LogP contribution in [0.3, 0.4) is 0 Å². The number of nitrogens with one attached hydrogen (secondary N) is 2. The number of anilines is 2. The number of hydrogen-bond donors (Lipinski definition) is 2. The summed E-state index contributed by atoms with van der Waals surface area (Å²) >= 11 is 0. The molecule has 4 nitrogen and oxygen atoms in total. The Kier molecular flexibility index (Phi) is 2.09. The van der Waals surface area contributed by atoms with E-state index in [-0.39, 0.29) is 0 Å². The predicted molar refractivity (Wildman–Crippen MR) is 61.0 cm³/mol. The molecule has 0 aromatic heterocycles. The molecule has 0 spiro atoms. The van der Waals surface area contributed by atoms with Crippen molar-refractivity contribution >= 4 is 23.0 Å². The summed E-state index contributed by atoms with van der Waals surface area (Å²) in [4.78, 5) is 3.56. The normalized spacial score (nSPS) is 14.7. The van der Waals surface area contributed by atoms with Gasteiger partial charge in [-0.05, 0) is 25.1 Å². The van der Waals surface area contributed by atoms with Crippen molar-refractivity contribution in [3.05, 3.63) is 24.3 Å². The molecule has 1 aliphatic heterocycles. The van der Waals surface area contributed by atoms with Crippen LogP contribution in [0, 0.1) is 23.0 Å². The highest BCUT2D eigenvalue weighted by atomic mass is 15.3. The first-order chi connectivity index (χ1) is 7.11. The minimum atomic E-state index is 0.338. The van der Waals surface area contributed by atoms with E-state index in [1.54, 1.807) is 17.9 Å². The summed E-state index contributed by atoms with van der Waals surface area (Å²) in [6.45, 7) is 2.19. The van der Waals surface area contributed by atoms with Gasteiger partial charge in [0.25, 0.3) is 0 Å². The second-order valence-electron chi connectivity index (χ2n) is 3.56. The van der Waals surface area contributed by atoms with E-state index in [4.69, 9.17) is 10.8 Å². The smallest absolute Gasteiger partial charge is 0.126 e. The standard InChI is InChI=1S/C11H12N4/c1-8(12)15-10-6-4-3-5-9(10)14(2)7-11(15)13/h3,5,12-13H,7H2,1-2H3. The molecule has 0 atom stereocenters. The van der Waals surface area contributed by atoms with E-state index in [9.17, 15) is 0 Å². The maximum atomic E-state index is 7.85. The van der Waals surface area contributed by atoms with Crippen molar-refractivity contribution in [2.45, 2.75) is 6.92 Å². The lowest BCUT2D eigenvalue weighted by Gasteiger charge is -2.34. The Morgan fingerprint density at radius 2 is 2.27 bits per heavy atom. The Bertz CT molecular complexity index is 424. The Morgan fingerprint density at radius 3 is 2.93 bits per heavy atom. The number of amidine groups is 2. The topological polar surface area (TPSA) is 54.2 Å². The lowest BCUT2D eigenvalue weighted by Crippen LogP contribution is -2.45. The van der Waals surface area contributed by atoms with Gasteiger partial charge in [0.1, 0.15) is 17.4 Å². The van der Waals surface area contributed by atoms with E-state index < -0.39 is 0 Å². The largest absolute Gasteiger partial charge is 0.365 e. The van der Waals surface area contributed by atoms with Crippen molar-refractivity contribution in [3.63, 3.8) is 0 Å². The molecule has 2 N–H and O–H groups in total. The van der Waals surface area contributed by atoms with Crippen LogP contribution in [0.4, 0.5) is 11.4 Å². The fourth-order valence-corrected chi connectivity index (χ4v) is 1.74. The third kappa shape index (κ3) is 1.42. The second kappa shape index (κ2) is 3.28. The van der Waals surface area contributed by atoms with Crippen molar-refractivity contribution in [2.75, 3.05) is 23.4 Å². The summed E-state index contributed by atoms with van der Waals surface area (Å²) in [7, 11) is 1.93. The van der Waals surface area contributed by atoms with Crippen LogP contribution in [0.1, 0.15) is 6.92 Å². The third-order valence-electron chi connectivity index (χ3n) is 2.38. The van der Waals surface area contributed by atoms with Crippen molar-refractivity contribution in [1.82, 2.24) is 0 Å². The van der Waals surface area contributed by atoms with Gasteiger partial charge in [0.05, 0.1) is 12.2 Å². The third-order valence-corrected chi connectivity index (χ3v) is 2.38. The van der Waals surface area contributed by atoms with E-state index in [2.05, 4.69) is 12.1 Å². The van der Waals surface area contributed by atoms with Gasteiger partial charge < -0.3 is 4.90 Å². The maximum absolute atomic E-state index is 7.85. The number of nitrogens with zero attached hydrogens (tertiary/aromatic N) is 2. The summed E-state index contributed by atoms with van der Waals surface area (Å²) in [5.41, 5.74) is 1.72. The molecule has 0 aliphatic carbocycles. The fourth-order valence-electron chi connectivity index (χ4n) is 1.74. The van der Waals surface area contributed by atoms with Crippen molar-refractivity contribution in [1.29, 1.82) is 10.8 Å². The summed E-state index contributed by atoms with van der Waals surface area (Å²) in [5.74, 6) is 0.735. The van der Waals surface area contributed by atoms with Crippen LogP contribution in [0.15, 0.2) is 12.1 Å². The first-order valence-corrected chi connectivity index (χ1v) is 4.67. The zero-order valence-electron chi connectivity index (χ0n) is 8.76. The SMILES string of the molecule is CC(=N)N1C(=N)CN(C)c2ccc#cc21. The molecule has 4 heteroatoms. The molecule has 0 unspecified atom stereocenters. The van der Waals surface area contributed by atoms with Crippen LogP contribution in [0.2, 0.25) is 0 Å². The average molecular weight is 200 g/mol. The predicted octanol–water partition coefficient (Wildman–Crippen LogP) is 1.52. The molecule has 1 aromatic rings. The molecule has 15 heavy (non-hydrogen) atoms. The minimum absolute atomic E-state index is 0.338. The van der Waals surface area contributed by atoms with Gasteiger partial charge in [-0.15, -0.1) is 0 Å². The molecule has 1 aromatic carbocycles. The van der Waals surface area contributed by atoms with E-state index in [0.717, 1.165) is 11.4 Å². The van der Waals surface area contributed by atoms with Gasteiger partial charge in [-0.2, -0.15) is 0 Å². The Hall–Kier alpha value is -2.02. The van der Waals surface area contributed by atoms with Crippen LogP contribution < -0.4 is 9.80 Å². The average Bonchev–Trinajstić information content (AvgIpc) is 2.17. The monoisotopic (exact) mass is 200 g/mol. The summed E-state index contributed by atoms with van der Waals surface area (Å²) in [5, 5.41) is 15.5. The minimum Gasteiger partial charge on any atom is -0.365 e. The molecule has 1 aliphatic rings. The van der Waals surface area contributed by atoms with Crippen molar-refractivity contribution < 1.29 is 0 Å². The first kappa shape index (κ1) is 9.53. The Labute approximate surface area is 89.1 Å². The van der Waals surface area contributed by atoms with Gasteiger partial charge in [-0.25, -0.2) is 0 Å². The van der Waals surface area contributed by atoms with E-state index in [0.29, 0.717) is 18.2 Å².